The molecule has 1 atom stereocenters. The first-order valence-corrected chi connectivity index (χ1v) is 7.09. The van der Waals surface area contributed by atoms with Gasteiger partial charge in [0.2, 0.25) is 0 Å². The Morgan fingerprint density at radius 1 is 1.33 bits per heavy atom. The maximum atomic E-state index is 12.4. The van der Waals surface area contributed by atoms with Crippen molar-refractivity contribution in [2.75, 3.05) is 7.11 Å². The zero-order valence-electron chi connectivity index (χ0n) is 11.5. The van der Waals surface area contributed by atoms with Crippen molar-refractivity contribution in [2.24, 2.45) is 0 Å². The van der Waals surface area contributed by atoms with Gasteiger partial charge < -0.3 is 14.6 Å². The fourth-order valence-electron chi connectivity index (χ4n) is 1.91. The summed E-state index contributed by atoms with van der Waals surface area (Å²) in [6.45, 7) is -1.07. The molecule has 1 N–H and O–H groups in total. The average molecular weight is 315 g/mol. The Bertz CT molecular complexity index is 604. The lowest BCUT2D eigenvalue weighted by Crippen LogP contribution is -2.06. The van der Waals surface area contributed by atoms with Crippen LogP contribution in [0.5, 0.6) is 11.5 Å². The number of ether oxygens (including phenoxy) is 2. The second-order valence-corrected chi connectivity index (χ2v) is 5.43. The molecule has 1 heterocycles. The summed E-state index contributed by atoms with van der Waals surface area (Å²) in [5, 5.41) is 13.0. The van der Waals surface area contributed by atoms with Gasteiger partial charge in [-0.25, -0.2) is 4.98 Å². The smallest absolute Gasteiger partial charge is 0.387 e. The number of aromatic nitrogens is 1. The standard InChI is InChI=1S/C14H15F2NO3S/c1-8-17-10(7-21-8)6-11(18)9-3-4-12(19-2)13(5-9)20-14(15)16/h3-5,7,11,14,18H,6H2,1-2H3. The number of nitrogens with zero attached hydrogens (tertiary/aromatic N) is 1. The molecule has 0 radical (unpaired) electrons. The summed E-state index contributed by atoms with van der Waals surface area (Å²) in [4.78, 5) is 4.26. The van der Waals surface area contributed by atoms with E-state index in [9.17, 15) is 13.9 Å². The molecule has 21 heavy (non-hydrogen) atoms. The fraction of sp³-hybridized carbons (Fsp3) is 0.357. The predicted molar refractivity (Wildman–Crippen MR) is 75.1 cm³/mol. The minimum atomic E-state index is -2.95. The lowest BCUT2D eigenvalue weighted by atomic mass is 10.0. The third-order valence-corrected chi connectivity index (χ3v) is 3.68. The number of hydrogen-bond donors (Lipinski definition) is 1. The first-order valence-electron chi connectivity index (χ1n) is 6.21. The number of aryl methyl sites for hydroxylation is 1. The predicted octanol–water partition coefficient (Wildman–Crippen LogP) is 3.34. The SMILES string of the molecule is COc1ccc(C(O)Cc2csc(C)n2)cc1OC(F)F. The highest BCUT2D eigenvalue weighted by molar-refractivity contribution is 7.09. The van der Waals surface area contributed by atoms with Crippen molar-refractivity contribution in [1.29, 1.82) is 0 Å². The molecule has 0 aliphatic heterocycles. The fourth-order valence-corrected chi connectivity index (χ4v) is 2.53. The normalized spacial score (nSPS) is 12.5. The molecule has 0 saturated heterocycles. The monoisotopic (exact) mass is 315 g/mol. The van der Waals surface area contributed by atoms with Gasteiger partial charge in [-0.3, -0.25) is 0 Å². The van der Waals surface area contributed by atoms with Crippen LogP contribution >= 0.6 is 11.3 Å². The second-order valence-electron chi connectivity index (χ2n) is 4.37. The number of aliphatic hydroxyl groups is 1. The largest absolute Gasteiger partial charge is 0.493 e. The van der Waals surface area contributed by atoms with Crippen LogP contribution in [-0.4, -0.2) is 23.8 Å². The Kier molecular flexibility index (Phi) is 5.08. The third kappa shape index (κ3) is 4.12. The van der Waals surface area contributed by atoms with Crippen LogP contribution in [0.4, 0.5) is 8.78 Å². The molecule has 0 fully saturated rings. The number of hydrogen-bond acceptors (Lipinski definition) is 5. The van der Waals surface area contributed by atoms with E-state index in [1.807, 2.05) is 12.3 Å². The minimum absolute atomic E-state index is 0.0986. The quantitative estimate of drug-likeness (QED) is 0.888. The number of thiazole rings is 1. The Morgan fingerprint density at radius 2 is 2.10 bits per heavy atom. The molecule has 0 saturated carbocycles. The molecule has 2 rings (SSSR count). The maximum Gasteiger partial charge on any atom is 0.387 e. The number of rotatable bonds is 6. The molecule has 0 amide bonds. The first-order chi connectivity index (χ1) is 9.99. The lowest BCUT2D eigenvalue weighted by Gasteiger charge is -2.14. The van der Waals surface area contributed by atoms with Crippen LogP contribution in [0.15, 0.2) is 23.6 Å². The van der Waals surface area contributed by atoms with Crippen molar-refractivity contribution in [2.45, 2.75) is 26.1 Å². The molecule has 0 aliphatic rings. The minimum Gasteiger partial charge on any atom is -0.493 e. The van der Waals surface area contributed by atoms with Crippen LogP contribution in [0.3, 0.4) is 0 Å². The summed E-state index contributed by atoms with van der Waals surface area (Å²) < 4.78 is 34.1. The molecule has 1 unspecified atom stereocenters. The van der Waals surface area contributed by atoms with E-state index in [2.05, 4.69) is 9.72 Å². The van der Waals surface area contributed by atoms with Gasteiger partial charge in [0.1, 0.15) is 0 Å². The first kappa shape index (κ1) is 15.7. The van der Waals surface area contributed by atoms with Crippen molar-refractivity contribution >= 4 is 11.3 Å². The summed E-state index contributed by atoms with van der Waals surface area (Å²) in [5.74, 6) is 0.0919. The number of halogens is 2. The Morgan fingerprint density at radius 3 is 2.67 bits per heavy atom. The molecule has 2 aromatic rings. The highest BCUT2D eigenvalue weighted by Crippen LogP contribution is 2.32. The van der Waals surface area contributed by atoms with Crippen LogP contribution in [0.1, 0.15) is 22.4 Å². The number of benzene rings is 1. The highest BCUT2D eigenvalue weighted by Gasteiger charge is 2.16. The van der Waals surface area contributed by atoms with Crippen LogP contribution in [0.25, 0.3) is 0 Å². The summed E-state index contributed by atoms with van der Waals surface area (Å²) in [6.07, 6.45) is -0.539. The van der Waals surface area contributed by atoms with Gasteiger partial charge in [-0.2, -0.15) is 8.78 Å². The van der Waals surface area contributed by atoms with E-state index < -0.39 is 12.7 Å². The van der Waals surface area contributed by atoms with Crippen molar-refractivity contribution in [3.05, 3.63) is 39.8 Å². The molecule has 7 heteroatoms. The van der Waals surface area contributed by atoms with E-state index in [-0.39, 0.29) is 11.5 Å². The molecular formula is C14H15F2NO3S. The van der Waals surface area contributed by atoms with Crippen molar-refractivity contribution in [3.63, 3.8) is 0 Å². The highest BCUT2D eigenvalue weighted by atomic mass is 32.1. The molecule has 114 valence electrons. The van der Waals surface area contributed by atoms with E-state index in [4.69, 9.17) is 4.74 Å². The van der Waals surface area contributed by atoms with E-state index in [0.29, 0.717) is 12.0 Å². The van der Waals surface area contributed by atoms with E-state index in [0.717, 1.165) is 10.7 Å². The van der Waals surface area contributed by atoms with Gasteiger partial charge in [0.05, 0.1) is 23.9 Å². The van der Waals surface area contributed by atoms with Gasteiger partial charge in [-0.1, -0.05) is 6.07 Å². The van der Waals surface area contributed by atoms with Gasteiger partial charge in [0.15, 0.2) is 11.5 Å². The summed E-state index contributed by atoms with van der Waals surface area (Å²) in [5.41, 5.74) is 1.23. The summed E-state index contributed by atoms with van der Waals surface area (Å²) >= 11 is 1.49. The molecule has 0 spiro atoms. The van der Waals surface area contributed by atoms with Gasteiger partial charge in [0.25, 0.3) is 0 Å². The van der Waals surface area contributed by atoms with Gasteiger partial charge >= 0.3 is 6.61 Å². The zero-order chi connectivity index (χ0) is 15.4. The number of aliphatic hydroxyl groups excluding tert-OH is 1. The van der Waals surface area contributed by atoms with Crippen LogP contribution in [-0.2, 0) is 6.42 Å². The van der Waals surface area contributed by atoms with Crippen molar-refractivity contribution in [3.8, 4) is 11.5 Å². The zero-order valence-corrected chi connectivity index (χ0v) is 12.4. The van der Waals surface area contributed by atoms with E-state index in [1.165, 1.54) is 30.6 Å². The van der Waals surface area contributed by atoms with E-state index in [1.54, 1.807) is 6.07 Å². The average Bonchev–Trinajstić information content (AvgIpc) is 2.83. The molecule has 0 bridgehead atoms. The molecule has 4 nitrogen and oxygen atoms in total. The van der Waals surface area contributed by atoms with Crippen molar-refractivity contribution < 1.29 is 23.4 Å². The van der Waals surface area contributed by atoms with Crippen LogP contribution in [0.2, 0.25) is 0 Å². The summed E-state index contributed by atoms with van der Waals surface area (Å²) in [6, 6.07) is 4.46. The van der Waals surface area contributed by atoms with Gasteiger partial charge in [0, 0.05) is 11.8 Å². The van der Waals surface area contributed by atoms with E-state index >= 15 is 0 Å². The second kappa shape index (κ2) is 6.82. The number of alkyl halides is 2. The van der Waals surface area contributed by atoms with Gasteiger partial charge in [-0.15, -0.1) is 11.3 Å². The molecule has 0 aliphatic carbocycles. The van der Waals surface area contributed by atoms with Crippen LogP contribution in [0, 0.1) is 6.92 Å². The maximum absolute atomic E-state index is 12.4. The Hall–Kier alpha value is -1.73. The topological polar surface area (TPSA) is 51.6 Å². The Balaban J connectivity index is 2.18. The van der Waals surface area contributed by atoms with Crippen LogP contribution < -0.4 is 9.47 Å². The Labute approximate surface area is 125 Å². The molecule has 1 aromatic carbocycles. The van der Waals surface area contributed by atoms with Gasteiger partial charge in [-0.05, 0) is 24.6 Å². The third-order valence-electron chi connectivity index (χ3n) is 2.86. The summed E-state index contributed by atoms with van der Waals surface area (Å²) in [7, 11) is 1.36. The lowest BCUT2D eigenvalue weighted by molar-refractivity contribution is -0.0513. The molecular weight excluding hydrogens is 300 g/mol. The number of methoxy groups -OCH3 is 1. The van der Waals surface area contributed by atoms with Crippen molar-refractivity contribution in [1.82, 2.24) is 4.98 Å². The molecule has 1 aromatic heterocycles.